The first kappa shape index (κ1) is 11.0. The van der Waals surface area contributed by atoms with Crippen LogP contribution in [-0.4, -0.2) is 29.0 Å². The van der Waals surface area contributed by atoms with Gasteiger partial charge in [0.1, 0.15) is 5.70 Å². The molecule has 0 unspecified atom stereocenters. The minimum absolute atomic E-state index is 0.0641. The van der Waals surface area contributed by atoms with E-state index < -0.39 is 5.97 Å². The first-order valence-electron chi connectivity index (χ1n) is 4.19. The Hall–Kier alpha value is -2.11. The normalized spacial score (nSPS) is 10.9. The monoisotopic (exact) mass is 209 g/mol. The lowest BCUT2D eigenvalue weighted by atomic mass is 10.3. The van der Waals surface area contributed by atoms with Crippen LogP contribution in [0, 0.1) is 0 Å². The zero-order valence-corrected chi connectivity index (χ0v) is 8.40. The molecule has 15 heavy (non-hydrogen) atoms. The van der Waals surface area contributed by atoms with Crippen LogP contribution < -0.4 is 5.32 Å². The van der Waals surface area contributed by atoms with Crippen molar-refractivity contribution in [2.24, 2.45) is 0 Å². The Kier molecular flexibility index (Phi) is 3.61. The Morgan fingerprint density at radius 3 is 2.80 bits per heavy atom. The number of aromatic nitrogens is 2. The second kappa shape index (κ2) is 4.94. The molecule has 1 aromatic heterocycles. The maximum absolute atomic E-state index is 11.2. The first-order valence-corrected chi connectivity index (χ1v) is 4.19. The summed E-state index contributed by atoms with van der Waals surface area (Å²) in [4.78, 5) is 28.6. The summed E-state index contributed by atoms with van der Waals surface area (Å²) in [6.07, 6.45) is 4.43. The molecule has 0 spiro atoms. The van der Waals surface area contributed by atoms with E-state index in [4.69, 9.17) is 0 Å². The van der Waals surface area contributed by atoms with Crippen LogP contribution in [-0.2, 0) is 14.3 Å². The fraction of sp³-hybridized carbons (Fsp3) is 0.222. The Morgan fingerprint density at radius 1 is 1.60 bits per heavy atom. The zero-order chi connectivity index (χ0) is 11.3. The third-order valence-corrected chi connectivity index (χ3v) is 1.54. The van der Waals surface area contributed by atoms with Crippen molar-refractivity contribution >= 4 is 18.0 Å². The molecule has 1 rings (SSSR count). The van der Waals surface area contributed by atoms with Crippen LogP contribution in [0.1, 0.15) is 12.6 Å². The van der Waals surface area contributed by atoms with Gasteiger partial charge in [0, 0.05) is 6.92 Å². The molecule has 0 bridgehead atoms. The summed E-state index contributed by atoms with van der Waals surface area (Å²) < 4.78 is 4.51. The van der Waals surface area contributed by atoms with Gasteiger partial charge in [0.15, 0.2) is 0 Å². The maximum Gasteiger partial charge on any atom is 0.354 e. The summed E-state index contributed by atoms with van der Waals surface area (Å²) in [6, 6.07) is 0. The van der Waals surface area contributed by atoms with E-state index in [0.717, 1.165) is 0 Å². The van der Waals surface area contributed by atoms with Gasteiger partial charge in [0.25, 0.3) is 0 Å². The Bertz CT molecular complexity index is 381. The number of nitrogens with one attached hydrogen (secondary N) is 2. The van der Waals surface area contributed by atoms with Crippen molar-refractivity contribution < 1.29 is 14.3 Å². The Balaban J connectivity index is 2.90. The average molecular weight is 209 g/mol. The fourth-order valence-electron chi connectivity index (χ4n) is 0.947. The SMILES string of the molecule is COC(=O)/C(=C/c1cnc[nH]1)NC(C)=O. The van der Waals surface area contributed by atoms with Gasteiger partial charge in [-0.2, -0.15) is 0 Å². The highest BCUT2D eigenvalue weighted by Gasteiger charge is 2.11. The van der Waals surface area contributed by atoms with E-state index in [9.17, 15) is 9.59 Å². The molecule has 0 radical (unpaired) electrons. The van der Waals surface area contributed by atoms with Crippen LogP contribution in [0.2, 0.25) is 0 Å². The number of esters is 1. The molecule has 0 aliphatic carbocycles. The summed E-state index contributed by atoms with van der Waals surface area (Å²) in [5, 5.41) is 2.37. The number of nitrogens with zero attached hydrogens (tertiary/aromatic N) is 1. The maximum atomic E-state index is 11.2. The molecule has 0 saturated heterocycles. The average Bonchev–Trinajstić information content (AvgIpc) is 2.67. The highest BCUT2D eigenvalue weighted by atomic mass is 16.5. The molecular weight excluding hydrogens is 198 g/mol. The zero-order valence-electron chi connectivity index (χ0n) is 8.40. The van der Waals surface area contributed by atoms with Gasteiger partial charge in [-0.3, -0.25) is 4.79 Å². The van der Waals surface area contributed by atoms with Crippen molar-refractivity contribution in [3.63, 3.8) is 0 Å². The minimum atomic E-state index is -0.611. The molecule has 0 fully saturated rings. The molecule has 0 aliphatic rings. The largest absolute Gasteiger partial charge is 0.464 e. The van der Waals surface area contributed by atoms with Crippen LogP contribution in [0.5, 0.6) is 0 Å². The van der Waals surface area contributed by atoms with Crippen molar-refractivity contribution in [2.75, 3.05) is 7.11 Å². The molecule has 6 nitrogen and oxygen atoms in total. The van der Waals surface area contributed by atoms with E-state index in [2.05, 4.69) is 20.0 Å². The van der Waals surface area contributed by atoms with Gasteiger partial charge in [0.2, 0.25) is 5.91 Å². The van der Waals surface area contributed by atoms with E-state index in [-0.39, 0.29) is 11.6 Å². The van der Waals surface area contributed by atoms with Gasteiger partial charge in [-0.25, -0.2) is 9.78 Å². The van der Waals surface area contributed by atoms with E-state index in [1.54, 1.807) is 0 Å². The molecule has 0 aliphatic heterocycles. The van der Waals surface area contributed by atoms with Crippen LogP contribution in [0.3, 0.4) is 0 Å². The van der Waals surface area contributed by atoms with E-state index in [1.807, 2.05) is 0 Å². The summed E-state index contributed by atoms with van der Waals surface area (Å²) >= 11 is 0. The number of aromatic amines is 1. The molecule has 2 N–H and O–H groups in total. The number of methoxy groups -OCH3 is 1. The topological polar surface area (TPSA) is 84.1 Å². The van der Waals surface area contributed by atoms with Gasteiger partial charge in [-0.05, 0) is 6.08 Å². The number of H-pyrrole nitrogens is 1. The quantitative estimate of drug-likeness (QED) is 0.544. The Morgan fingerprint density at radius 2 is 2.33 bits per heavy atom. The van der Waals surface area contributed by atoms with E-state index >= 15 is 0 Å². The van der Waals surface area contributed by atoms with E-state index in [0.29, 0.717) is 5.69 Å². The number of hydrogen-bond acceptors (Lipinski definition) is 4. The molecule has 80 valence electrons. The smallest absolute Gasteiger partial charge is 0.354 e. The summed E-state index contributed by atoms with van der Waals surface area (Å²) in [6.45, 7) is 1.31. The van der Waals surface area contributed by atoms with Crippen molar-refractivity contribution in [3.8, 4) is 0 Å². The number of carbonyl (C=O) groups excluding carboxylic acids is 2. The van der Waals surface area contributed by atoms with Gasteiger partial charge in [-0.15, -0.1) is 0 Å². The predicted molar refractivity (Wildman–Crippen MR) is 52.4 cm³/mol. The van der Waals surface area contributed by atoms with Crippen LogP contribution in [0.25, 0.3) is 6.08 Å². The third kappa shape index (κ3) is 3.26. The van der Waals surface area contributed by atoms with Crippen molar-refractivity contribution in [1.82, 2.24) is 15.3 Å². The van der Waals surface area contributed by atoms with Gasteiger partial charge in [0.05, 0.1) is 25.3 Å². The molecule has 1 heterocycles. The second-order valence-corrected chi connectivity index (χ2v) is 2.74. The lowest BCUT2D eigenvalue weighted by Gasteiger charge is -2.04. The molecule has 0 aromatic carbocycles. The molecule has 1 aromatic rings. The molecule has 1 amide bonds. The van der Waals surface area contributed by atoms with Crippen molar-refractivity contribution in [1.29, 1.82) is 0 Å². The molecule has 6 heteroatoms. The third-order valence-electron chi connectivity index (χ3n) is 1.54. The first-order chi connectivity index (χ1) is 7.13. The summed E-state index contributed by atoms with van der Waals surface area (Å²) in [5.74, 6) is -0.953. The van der Waals surface area contributed by atoms with Crippen molar-refractivity contribution in [2.45, 2.75) is 6.92 Å². The number of imidazole rings is 1. The fourth-order valence-corrected chi connectivity index (χ4v) is 0.947. The molecule has 0 atom stereocenters. The number of carbonyl (C=O) groups is 2. The molecule has 0 saturated carbocycles. The van der Waals surface area contributed by atoms with Gasteiger partial charge >= 0.3 is 5.97 Å². The lowest BCUT2D eigenvalue weighted by Crippen LogP contribution is -2.25. The highest BCUT2D eigenvalue weighted by Crippen LogP contribution is 2.01. The number of ether oxygens (including phenoxy) is 1. The second-order valence-electron chi connectivity index (χ2n) is 2.74. The number of amides is 1. The highest BCUT2D eigenvalue weighted by molar-refractivity contribution is 5.97. The van der Waals surface area contributed by atoms with Gasteiger partial charge < -0.3 is 15.0 Å². The minimum Gasteiger partial charge on any atom is -0.464 e. The molecular formula is C9H11N3O3. The summed E-state index contributed by atoms with van der Waals surface area (Å²) in [5.41, 5.74) is 0.665. The Labute approximate surface area is 86.3 Å². The van der Waals surface area contributed by atoms with Crippen LogP contribution >= 0.6 is 0 Å². The van der Waals surface area contributed by atoms with Gasteiger partial charge in [-0.1, -0.05) is 0 Å². The van der Waals surface area contributed by atoms with E-state index in [1.165, 1.54) is 32.6 Å². The van der Waals surface area contributed by atoms with Crippen LogP contribution in [0.15, 0.2) is 18.2 Å². The predicted octanol–water partition coefficient (Wildman–Crippen LogP) is 0.0597. The lowest BCUT2D eigenvalue weighted by molar-refractivity contribution is -0.137. The summed E-state index contributed by atoms with van der Waals surface area (Å²) in [7, 11) is 1.24. The number of hydrogen-bond donors (Lipinski definition) is 2. The standard InChI is InChI=1S/C9H11N3O3/c1-6(13)12-8(9(14)15-2)3-7-4-10-5-11-7/h3-5H,1-2H3,(H,10,11)(H,12,13)/b8-3-. The number of rotatable bonds is 3. The van der Waals surface area contributed by atoms with Crippen molar-refractivity contribution in [3.05, 3.63) is 23.9 Å². The van der Waals surface area contributed by atoms with Crippen LogP contribution in [0.4, 0.5) is 0 Å².